The molecule has 0 spiro atoms. The third-order valence-corrected chi connectivity index (χ3v) is 4.64. The summed E-state index contributed by atoms with van der Waals surface area (Å²) in [5.74, 6) is -0.240. The Bertz CT molecular complexity index is 642. The first-order chi connectivity index (χ1) is 9.99. The van der Waals surface area contributed by atoms with Gasteiger partial charge in [0.2, 0.25) is 0 Å². The molecule has 1 N–H and O–H groups in total. The molecule has 0 radical (unpaired) electrons. The zero-order chi connectivity index (χ0) is 15.4. The number of anilines is 1. The van der Waals surface area contributed by atoms with Crippen molar-refractivity contribution in [1.82, 2.24) is 4.90 Å². The summed E-state index contributed by atoms with van der Waals surface area (Å²) >= 11 is 12.9. The summed E-state index contributed by atoms with van der Waals surface area (Å²) in [5.41, 5.74) is 1.28. The number of benzene rings is 1. The van der Waals surface area contributed by atoms with Crippen molar-refractivity contribution < 1.29 is 4.39 Å². The summed E-state index contributed by atoms with van der Waals surface area (Å²) < 4.78 is 14.3. The maximum atomic E-state index is 13.6. The minimum absolute atomic E-state index is 0.240. The molecule has 0 unspecified atom stereocenters. The van der Waals surface area contributed by atoms with E-state index in [1.165, 1.54) is 17.4 Å². The van der Waals surface area contributed by atoms with Crippen LogP contribution in [0.2, 0.25) is 4.34 Å². The zero-order valence-electron chi connectivity index (χ0n) is 11.8. The number of hydrogen-bond acceptors (Lipinski definition) is 2. The van der Waals surface area contributed by atoms with Gasteiger partial charge in [-0.25, -0.2) is 4.39 Å². The lowest BCUT2D eigenvalue weighted by molar-refractivity contribution is 0.446. The second-order valence-corrected chi connectivity index (χ2v) is 6.80. The molecule has 0 amide bonds. The van der Waals surface area contributed by atoms with Crippen molar-refractivity contribution in [3.05, 3.63) is 50.9 Å². The first-order valence-electron chi connectivity index (χ1n) is 6.56. The highest BCUT2D eigenvalue weighted by atomic mass is 35.5. The number of nitrogens with zero attached hydrogens (tertiary/aromatic N) is 1. The van der Waals surface area contributed by atoms with Gasteiger partial charge in [-0.3, -0.25) is 0 Å². The lowest BCUT2D eigenvalue weighted by Gasteiger charge is -2.23. The van der Waals surface area contributed by atoms with Crippen LogP contribution in [0.4, 0.5) is 10.1 Å². The van der Waals surface area contributed by atoms with E-state index in [1.54, 1.807) is 13.0 Å². The first-order valence-corrected chi connectivity index (χ1v) is 8.16. The van der Waals surface area contributed by atoms with E-state index in [0.717, 1.165) is 15.8 Å². The Hall–Kier alpha value is -1.17. The van der Waals surface area contributed by atoms with Gasteiger partial charge in [-0.15, -0.1) is 11.3 Å². The fourth-order valence-electron chi connectivity index (χ4n) is 1.83. The summed E-state index contributed by atoms with van der Waals surface area (Å²) in [6.07, 6.45) is 0. The number of thiophene rings is 1. The van der Waals surface area contributed by atoms with Gasteiger partial charge in [0.25, 0.3) is 0 Å². The third-order valence-electron chi connectivity index (χ3n) is 3.07. The summed E-state index contributed by atoms with van der Waals surface area (Å²) in [6.45, 7) is 5.21. The van der Waals surface area contributed by atoms with Crippen LogP contribution in [0.25, 0.3) is 0 Å². The fourth-order valence-corrected chi connectivity index (χ4v) is 3.24. The molecule has 0 aliphatic heterocycles. The molecule has 0 aliphatic rings. The standard InChI is InChI=1S/C15H16ClFN2S2/c1-3-19(9-12-6-7-14(16)21-12)15(20)18-11-5-4-10(2)13(17)8-11/h4-8H,3,9H2,1-2H3,(H,18,20). The molecule has 1 heterocycles. The van der Waals surface area contributed by atoms with Crippen molar-refractivity contribution >= 4 is 46.0 Å². The Balaban J connectivity index is 2.04. The highest BCUT2D eigenvalue weighted by molar-refractivity contribution is 7.80. The molecule has 0 atom stereocenters. The molecule has 0 saturated heterocycles. The molecule has 6 heteroatoms. The maximum Gasteiger partial charge on any atom is 0.173 e. The van der Waals surface area contributed by atoms with E-state index < -0.39 is 0 Å². The van der Waals surface area contributed by atoms with Gasteiger partial charge in [-0.2, -0.15) is 0 Å². The average molecular weight is 343 g/mol. The van der Waals surface area contributed by atoms with Gasteiger partial charge < -0.3 is 10.2 Å². The number of aryl methyl sites for hydroxylation is 1. The Morgan fingerprint density at radius 3 is 2.71 bits per heavy atom. The van der Waals surface area contributed by atoms with Crippen molar-refractivity contribution in [1.29, 1.82) is 0 Å². The van der Waals surface area contributed by atoms with E-state index in [0.29, 0.717) is 22.9 Å². The van der Waals surface area contributed by atoms with Crippen molar-refractivity contribution in [3.8, 4) is 0 Å². The van der Waals surface area contributed by atoms with Gasteiger partial charge in [0.1, 0.15) is 5.82 Å². The second kappa shape index (κ2) is 7.20. The van der Waals surface area contributed by atoms with E-state index in [1.807, 2.05) is 30.0 Å². The molecular formula is C15H16ClFN2S2. The number of thiocarbonyl (C=S) groups is 1. The van der Waals surface area contributed by atoms with Crippen LogP contribution in [0.15, 0.2) is 30.3 Å². The van der Waals surface area contributed by atoms with Gasteiger partial charge in [0.15, 0.2) is 5.11 Å². The lowest BCUT2D eigenvalue weighted by atomic mass is 10.2. The molecule has 0 bridgehead atoms. The summed E-state index contributed by atoms with van der Waals surface area (Å²) in [4.78, 5) is 3.15. The van der Waals surface area contributed by atoms with E-state index in [-0.39, 0.29) is 5.82 Å². The summed E-state index contributed by atoms with van der Waals surface area (Å²) in [7, 11) is 0. The van der Waals surface area contributed by atoms with Gasteiger partial charge in [-0.1, -0.05) is 17.7 Å². The number of rotatable bonds is 4. The fraction of sp³-hybridized carbons (Fsp3) is 0.267. The monoisotopic (exact) mass is 342 g/mol. The third kappa shape index (κ3) is 4.40. The van der Waals surface area contributed by atoms with Crippen LogP contribution in [-0.2, 0) is 6.54 Å². The van der Waals surface area contributed by atoms with Crippen LogP contribution >= 0.6 is 35.2 Å². The van der Waals surface area contributed by atoms with Crippen LogP contribution in [-0.4, -0.2) is 16.6 Å². The van der Waals surface area contributed by atoms with Crippen LogP contribution in [0.1, 0.15) is 17.4 Å². The molecule has 1 aromatic carbocycles. The van der Waals surface area contributed by atoms with Crippen molar-refractivity contribution in [2.45, 2.75) is 20.4 Å². The van der Waals surface area contributed by atoms with Crippen molar-refractivity contribution in [2.24, 2.45) is 0 Å². The van der Waals surface area contributed by atoms with Crippen molar-refractivity contribution in [2.75, 3.05) is 11.9 Å². The summed E-state index contributed by atoms with van der Waals surface area (Å²) in [6, 6.07) is 8.87. The van der Waals surface area contributed by atoms with E-state index in [2.05, 4.69) is 5.32 Å². The first kappa shape index (κ1) is 16.2. The van der Waals surface area contributed by atoms with Gasteiger partial charge in [0.05, 0.1) is 10.9 Å². The number of hydrogen-bond donors (Lipinski definition) is 1. The second-order valence-electron chi connectivity index (χ2n) is 4.61. The largest absolute Gasteiger partial charge is 0.344 e. The molecule has 2 rings (SSSR count). The molecule has 2 aromatic rings. The van der Waals surface area contributed by atoms with Gasteiger partial charge in [-0.05, 0) is 55.9 Å². The molecule has 0 saturated carbocycles. The highest BCUT2D eigenvalue weighted by Gasteiger charge is 2.11. The molecule has 112 valence electrons. The number of nitrogens with one attached hydrogen (secondary N) is 1. The zero-order valence-corrected chi connectivity index (χ0v) is 14.2. The average Bonchev–Trinajstić information content (AvgIpc) is 2.85. The van der Waals surface area contributed by atoms with Crippen LogP contribution in [0.5, 0.6) is 0 Å². The quantitative estimate of drug-likeness (QED) is 0.781. The van der Waals surface area contributed by atoms with Gasteiger partial charge in [0, 0.05) is 17.1 Å². The predicted molar refractivity (Wildman–Crippen MR) is 92.8 cm³/mol. The Labute approximate surface area is 138 Å². The van der Waals surface area contributed by atoms with E-state index >= 15 is 0 Å². The Morgan fingerprint density at radius 2 is 2.14 bits per heavy atom. The van der Waals surface area contributed by atoms with Crippen LogP contribution in [0, 0.1) is 12.7 Å². The molecule has 0 fully saturated rings. The minimum Gasteiger partial charge on any atom is -0.344 e. The Morgan fingerprint density at radius 1 is 1.38 bits per heavy atom. The molecule has 2 nitrogen and oxygen atoms in total. The number of halogens is 2. The van der Waals surface area contributed by atoms with Crippen molar-refractivity contribution in [3.63, 3.8) is 0 Å². The predicted octanol–water partition coefficient (Wildman–Crippen LogP) is 5.07. The SMILES string of the molecule is CCN(Cc1ccc(Cl)s1)C(=S)Nc1ccc(C)c(F)c1. The maximum absolute atomic E-state index is 13.6. The van der Waals surface area contributed by atoms with E-state index in [9.17, 15) is 4.39 Å². The molecule has 1 aromatic heterocycles. The smallest absolute Gasteiger partial charge is 0.173 e. The topological polar surface area (TPSA) is 15.3 Å². The van der Waals surface area contributed by atoms with Crippen LogP contribution < -0.4 is 5.32 Å². The highest BCUT2D eigenvalue weighted by Crippen LogP contribution is 2.23. The van der Waals surface area contributed by atoms with Gasteiger partial charge >= 0.3 is 0 Å². The summed E-state index contributed by atoms with van der Waals surface area (Å²) in [5, 5.41) is 3.65. The molecule has 21 heavy (non-hydrogen) atoms. The molecular weight excluding hydrogens is 327 g/mol. The Kier molecular flexibility index (Phi) is 5.56. The normalized spacial score (nSPS) is 10.5. The lowest BCUT2D eigenvalue weighted by Crippen LogP contribution is -2.33. The molecule has 0 aliphatic carbocycles. The minimum atomic E-state index is -0.240. The van der Waals surface area contributed by atoms with Crippen LogP contribution in [0.3, 0.4) is 0 Å². The van der Waals surface area contributed by atoms with E-state index in [4.69, 9.17) is 23.8 Å².